The molecule has 2 rings (SSSR count). The maximum atomic E-state index is 12.4. The molecule has 0 atom stereocenters. The number of halogens is 1. The highest BCUT2D eigenvalue weighted by atomic mass is 35.5. The Bertz CT molecular complexity index is 556. The molecule has 0 spiro atoms. The van der Waals surface area contributed by atoms with Gasteiger partial charge in [-0.1, -0.05) is 11.6 Å². The Morgan fingerprint density at radius 2 is 1.95 bits per heavy atom. The van der Waals surface area contributed by atoms with E-state index in [-0.39, 0.29) is 18.4 Å². The van der Waals surface area contributed by atoms with Crippen LogP contribution in [0.1, 0.15) is 26.2 Å². The fourth-order valence-corrected chi connectivity index (χ4v) is 2.79. The lowest BCUT2D eigenvalue weighted by Gasteiger charge is -2.30. The van der Waals surface area contributed by atoms with Crippen molar-refractivity contribution in [1.29, 1.82) is 0 Å². The molecular weight excluding hydrogens is 304 g/mol. The normalized spacial score (nSPS) is 14.6. The number of benzene rings is 1. The zero-order valence-corrected chi connectivity index (χ0v) is 13.7. The molecule has 22 heavy (non-hydrogen) atoms. The first-order chi connectivity index (χ1) is 10.5. The molecule has 1 fully saturated rings. The molecule has 1 aromatic rings. The number of piperidine rings is 1. The number of nitrogens with zero attached hydrogens (tertiary/aromatic N) is 2. The molecule has 0 saturated carbocycles. The van der Waals surface area contributed by atoms with E-state index in [2.05, 4.69) is 0 Å². The number of methoxy groups -OCH3 is 1. The molecule has 0 unspecified atom stereocenters. The molecule has 0 aliphatic carbocycles. The summed E-state index contributed by atoms with van der Waals surface area (Å²) in [6.07, 6.45) is 3.20. The van der Waals surface area contributed by atoms with Crippen LogP contribution in [0.2, 0.25) is 5.02 Å². The van der Waals surface area contributed by atoms with Crippen LogP contribution in [0.15, 0.2) is 18.2 Å². The fourth-order valence-electron chi connectivity index (χ4n) is 2.62. The lowest BCUT2D eigenvalue weighted by molar-refractivity contribution is -0.132. The molecule has 1 aliphatic heterocycles. The second-order valence-corrected chi connectivity index (χ2v) is 5.80. The van der Waals surface area contributed by atoms with Crippen molar-refractivity contribution >= 4 is 29.1 Å². The molecule has 120 valence electrons. The average molecular weight is 325 g/mol. The van der Waals surface area contributed by atoms with Crippen molar-refractivity contribution in [2.75, 3.05) is 31.6 Å². The first kappa shape index (κ1) is 16.6. The third kappa shape index (κ3) is 3.91. The summed E-state index contributed by atoms with van der Waals surface area (Å²) < 4.78 is 5.28. The summed E-state index contributed by atoms with van der Waals surface area (Å²) in [4.78, 5) is 27.7. The summed E-state index contributed by atoms with van der Waals surface area (Å²) in [7, 11) is 1.53. The number of carbonyl (C=O) groups is 2. The Labute approximate surface area is 135 Å². The van der Waals surface area contributed by atoms with E-state index >= 15 is 0 Å². The van der Waals surface area contributed by atoms with Gasteiger partial charge in [-0.25, -0.2) is 0 Å². The van der Waals surface area contributed by atoms with Gasteiger partial charge in [-0.15, -0.1) is 0 Å². The summed E-state index contributed by atoms with van der Waals surface area (Å²) in [5.41, 5.74) is 0.521. The Kier molecular flexibility index (Phi) is 5.66. The predicted octanol–water partition coefficient (Wildman–Crippen LogP) is 2.71. The molecule has 0 N–H and O–H groups in total. The van der Waals surface area contributed by atoms with Crippen LogP contribution >= 0.6 is 11.6 Å². The number of anilines is 1. The van der Waals surface area contributed by atoms with Crippen molar-refractivity contribution in [3.8, 4) is 5.75 Å². The van der Waals surface area contributed by atoms with Gasteiger partial charge in [0.05, 0.1) is 12.8 Å². The number of hydrogen-bond acceptors (Lipinski definition) is 3. The molecule has 6 heteroatoms. The Morgan fingerprint density at radius 1 is 1.27 bits per heavy atom. The van der Waals surface area contributed by atoms with E-state index in [1.807, 2.05) is 4.90 Å². The van der Waals surface area contributed by atoms with Crippen LogP contribution in [0.3, 0.4) is 0 Å². The molecule has 0 radical (unpaired) electrons. The van der Waals surface area contributed by atoms with Gasteiger partial charge < -0.3 is 9.64 Å². The molecule has 1 heterocycles. The lowest BCUT2D eigenvalue weighted by Crippen LogP contribution is -2.44. The Morgan fingerprint density at radius 3 is 2.55 bits per heavy atom. The van der Waals surface area contributed by atoms with E-state index in [9.17, 15) is 9.59 Å². The highest BCUT2D eigenvalue weighted by Crippen LogP contribution is 2.31. The largest absolute Gasteiger partial charge is 0.495 e. The number of amides is 2. The van der Waals surface area contributed by atoms with Crippen molar-refractivity contribution in [3.05, 3.63) is 23.2 Å². The van der Waals surface area contributed by atoms with Gasteiger partial charge in [0.25, 0.3) is 0 Å². The second kappa shape index (κ2) is 7.49. The third-order valence-electron chi connectivity index (χ3n) is 3.81. The molecule has 1 aliphatic rings. The van der Waals surface area contributed by atoms with Crippen LogP contribution < -0.4 is 9.64 Å². The van der Waals surface area contributed by atoms with Gasteiger partial charge in [-0.2, -0.15) is 0 Å². The van der Waals surface area contributed by atoms with Gasteiger partial charge in [0.1, 0.15) is 12.3 Å². The first-order valence-corrected chi connectivity index (χ1v) is 7.80. The SMILES string of the molecule is COc1ccc(Cl)cc1N(CC(=O)N1CCCCC1)C(C)=O. The maximum absolute atomic E-state index is 12.4. The van der Waals surface area contributed by atoms with Gasteiger partial charge in [-0.3, -0.25) is 14.5 Å². The number of rotatable bonds is 4. The minimum atomic E-state index is -0.217. The molecule has 5 nitrogen and oxygen atoms in total. The molecule has 1 saturated heterocycles. The highest BCUT2D eigenvalue weighted by Gasteiger charge is 2.24. The monoisotopic (exact) mass is 324 g/mol. The smallest absolute Gasteiger partial charge is 0.242 e. The summed E-state index contributed by atoms with van der Waals surface area (Å²) in [5.74, 6) is 0.258. The van der Waals surface area contributed by atoms with Crippen LogP contribution in [0.25, 0.3) is 0 Å². The van der Waals surface area contributed by atoms with Crippen LogP contribution in [0.5, 0.6) is 5.75 Å². The number of carbonyl (C=O) groups excluding carboxylic acids is 2. The zero-order valence-electron chi connectivity index (χ0n) is 13.0. The van der Waals surface area contributed by atoms with Gasteiger partial charge in [0, 0.05) is 25.0 Å². The van der Waals surface area contributed by atoms with Crippen LogP contribution in [0.4, 0.5) is 5.69 Å². The van der Waals surface area contributed by atoms with Gasteiger partial charge in [0.2, 0.25) is 11.8 Å². The number of ether oxygens (including phenoxy) is 1. The summed E-state index contributed by atoms with van der Waals surface area (Å²) in [6.45, 7) is 2.96. The van der Waals surface area contributed by atoms with E-state index in [1.54, 1.807) is 18.2 Å². The molecule has 1 aromatic carbocycles. The van der Waals surface area contributed by atoms with Crippen LogP contribution in [-0.4, -0.2) is 43.5 Å². The Hall–Kier alpha value is -1.75. The van der Waals surface area contributed by atoms with Gasteiger partial charge >= 0.3 is 0 Å². The van der Waals surface area contributed by atoms with Crippen LogP contribution in [-0.2, 0) is 9.59 Å². The van der Waals surface area contributed by atoms with Crippen molar-refractivity contribution in [1.82, 2.24) is 4.90 Å². The lowest BCUT2D eigenvalue weighted by atomic mass is 10.1. The van der Waals surface area contributed by atoms with Crippen LogP contribution in [0, 0.1) is 0 Å². The maximum Gasteiger partial charge on any atom is 0.242 e. The minimum absolute atomic E-state index is 0.00599. The predicted molar refractivity (Wildman–Crippen MR) is 86.5 cm³/mol. The van der Waals surface area contributed by atoms with Crippen molar-refractivity contribution in [2.24, 2.45) is 0 Å². The average Bonchev–Trinajstić information content (AvgIpc) is 2.53. The third-order valence-corrected chi connectivity index (χ3v) is 4.05. The quantitative estimate of drug-likeness (QED) is 0.855. The summed E-state index contributed by atoms with van der Waals surface area (Å²) in [6, 6.07) is 5.03. The van der Waals surface area contributed by atoms with E-state index in [0.717, 1.165) is 32.4 Å². The molecule has 0 bridgehead atoms. The zero-order chi connectivity index (χ0) is 16.1. The van der Waals surface area contributed by atoms with Gasteiger partial charge in [0.15, 0.2) is 0 Å². The number of hydrogen-bond donors (Lipinski definition) is 0. The molecular formula is C16H21ClN2O3. The topological polar surface area (TPSA) is 49.9 Å². The molecule has 0 aromatic heterocycles. The number of likely N-dealkylation sites (tertiary alicyclic amines) is 1. The van der Waals surface area contributed by atoms with Crippen molar-refractivity contribution in [2.45, 2.75) is 26.2 Å². The summed E-state index contributed by atoms with van der Waals surface area (Å²) >= 11 is 6.02. The highest BCUT2D eigenvalue weighted by molar-refractivity contribution is 6.31. The van der Waals surface area contributed by atoms with E-state index in [4.69, 9.17) is 16.3 Å². The minimum Gasteiger partial charge on any atom is -0.495 e. The molecule has 2 amide bonds. The first-order valence-electron chi connectivity index (χ1n) is 7.42. The second-order valence-electron chi connectivity index (χ2n) is 5.36. The van der Waals surface area contributed by atoms with E-state index < -0.39 is 0 Å². The summed E-state index contributed by atoms with van der Waals surface area (Å²) in [5, 5.41) is 0.493. The van der Waals surface area contributed by atoms with Crippen molar-refractivity contribution in [3.63, 3.8) is 0 Å². The Balaban J connectivity index is 2.21. The standard InChI is InChI=1S/C16H21ClN2O3/c1-12(20)19(11-16(21)18-8-4-3-5-9-18)14-10-13(17)6-7-15(14)22-2/h6-7,10H,3-5,8-9,11H2,1-2H3. The van der Waals surface area contributed by atoms with Crippen molar-refractivity contribution < 1.29 is 14.3 Å². The van der Waals surface area contributed by atoms with Gasteiger partial charge in [-0.05, 0) is 37.5 Å². The fraction of sp³-hybridized carbons (Fsp3) is 0.500. The van der Waals surface area contributed by atoms with E-state index in [1.165, 1.54) is 18.9 Å². The van der Waals surface area contributed by atoms with E-state index in [0.29, 0.717) is 16.5 Å².